The van der Waals surface area contributed by atoms with E-state index in [-0.39, 0.29) is 17.5 Å². The third-order valence-electron chi connectivity index (χ3n) is 6.83. The van der Waals surface area contributed by atoms with E-state index >= 15 is 0 Å². The van der Waals surface area contributed by atoms with E-state index in [0.717, 1.165) is 28.8 Å². The van der Waals surface area contributed by atoms with Crippen LogP contribution in [0.25, 0.3) is 21.6 Å². The molecule has 1 aliphatic rings. The number of likely N-dealkylation sites (tertiary alicyclic amines) is 1. The number of benzene rings is 3. The first kappa shape index (κ1) is 26.4. The number of nitrogens with two attached hydrogens (primary N) is 1. The molecule has 1 amide bonds. The highest BCUT2D eigenvalue weighted by atomic mass is 32.1. The minimum absolute atomic E-state index is 0.0301. The monoisotopic (exact) mass is 541 g/mol. The Kier molecular flexibility index (Phi) is 7.92. The third kappa shape index (κ3) is 5.80. The molecule has 0 saturated carbocycles. The third-order valence-corrected chi connectivity index (χ3v) is 8.01. The number of nitrogens with zero attached hydrogens (tertiary/aromatic N) is 2. The summed E-state index contributed by atoms with van der Waals surface area (Å²) in [6.45, 7) is 1.57. The molecule has 2 heterocycles. The minimum atomic E-state index is -0.605. The Hall–Kier alpha value is -4.19. The van der Waals surface area contributed by atoms with E-state index in [4.69, 9.17) is 15.2 Å². The van der Waals surface area contributed by atoms with Crippen molar-refractivity contribution in [1.82, 2.24) is 4.90 Å². The van der Waals surface area contributed by atoms with Crippen LogP contribution in [0.2, 0.25) is 0 Å². The van der Waals surface area contributed by atoms with Gasteiger partial charge in [-0.1, -0.05) is 36.4 Å². The van der Waals surface area contributed by atoms with Gasteiger partial charge in [0.05, 0.1) is 17.6 Å². The molecular formula is C31H28FN3O3S. The van der Waals surface area contributed by atoms with Crippen LogP contribution in [0.4, 0.5) is 4.39 Å². The molecule has 4 aromatic rings. The second kappa shape index (κ2) is 11.7. The van der Waals surface area contributed by atoms with Crippen LogP contribution in [0, 0.1) is 17.1 Å². The van der Waals surface area contributed by atoms with Crippen molar-refractivity contribution in [2.24, 2.45) is 5.73 Å². The van der Waals surface area contributed by atoms with Crippen molar-refractivity contribution in [2.75, 3.05) is 20.2 Å². The second-order valence-corrected chi connectivity index (χ2v) is 10.5. The van der Waals surface area contributed by atoms with Crippen molar-refractivity contribution >= 4 is 17.2 Å². The number of ether oxygens (including phenoxy) is 2. The van der Waals surface area contributed by atoms with Crippen LogP contribution in [-0.4, -0.2) is 37.0 Å². The van der Waals surface area contributed by atoms with E-state index < -0.39 is 5.82 Å². The molecule has 0 aliphatic carbocycles. The van der Waals surface area contributed by atoms with E-state index in [0.29, 0.717) is 47.2 Å². The maximum absolute atomic E-state index is 14.6. The average Bonchev–Trinajstić information content (AvgIpc) is 3.42. The van der Waals surface area contributed by atoms with Gasteiger partial charge in [0.1, 0.15) is 18.5 Å². The first-order chi connectivity index (χ1) is 19.0. The lowest BCUT2D eigenvalue weighted by Gasteiger charge is -2.29. The molecule has 3 aromatic carbocycles. The summed E-state index contributed by atoms with van der Waals surface area (Å²) < 4.78 is 26.3. The molecule has 2 N–H and O–H groups in total. The van der Waals surface area contributed by atoms with Gasteiger partial charge in [0.15, 0.2) is 11.5 Å². The van der Waals surface area contributed by atoms with Crippen LogP contribution < -0.4 is 15.2 Å². The van der Waals surface area contributed by atoms with E-state index in [1.807, 2.05) is 65.6 Å². The summed E-state index contributed by atoms with van der Waals surface area (Å²) in [5.74, 6) is 0.467. The maximum atomic E-state index is 14.6. The zero-order valence-electron chi connectivity index (χ0n) is 21.5. The predicted octanol–water partition coefficient (Wildman–Crippen LogP) is 6.24. The number of piperidine rings is 1. The van der Waals surface area contributed by atoms with Gasteiger partial charge in [0, 0.05) is 29.6 Å². The minimum Gasteiger partial charge on any atom is -0.493 e. The van der Waals surface area contributed by atoms with Gasteiger partial charge in [-0.05, 0) is 65.9 Å². The van der Waals surface area contributed by atoms with Crippen LogP contribution >= 0.6 is 11.3 Å². The van der Waals surface area contributed by atoms with Gasteiger partial charge in [-0.15, -0.1) is 11.3 Å². The number of rotatable bonds is 7. The summed E-state index contributed by atoms with van der Waals surface area (Å²) in [5, 5.41) is 9.19. The smallest absolute Gasteiger partial charge is 0.263 e. The number of methoxy groups -OCH3 is 1. The van der Waals surface area contributed by atoms with Crippen LogP contribution in [0.5, 0.6) is 11.5 Å². The maximum Gasteiger partial charge on any atom is 0.263 e. The van der Waals surface area contributed by atoms with Crippen molar-refractivity contribution in [3.8, 4) is 39.1 Å². The Morgan fingerprint density at radius 3 is 2.49 bits per heavy atom. The molecule has 5 rings (SSSR count). The second-order valence-electron chi connectivity index (χ2n) is 9.43. The van der Waals surface area contributed by atoms with Crippen LogP contribution in [-0.2, 0) is 6.61 Å². The standard InChI is InChI=1S/C31H28FN3O3S/c1-37-27-10-9-22(16-28(27)38-19-20-5-3-2-4-6-20)30-25(21-7-8-23(18-33)26(32)15-21)17-29(39-30)31(36)35-13-11-24(34)12-14-35/h2-10,15-17,24H,11-14,19,34H2,1H3. The molecule has 0 bridgehead atoms. The molecule has 0 radical (unpaired) electrons. The Morgan fingerprint density at radius 1 is 1.05 bits per heavy atom. The molecule has 0 unspecified atom stereocenters. The van der Waals surface area contributed by atoms with E-state index in [1.165, 1.54) is 23.5 Å². The van der Waals surface area contributed by atoms with Gasteiger partial charge >= 0.3 is 0 Å². The molecule has 39 heavy (non-hydrogen) atoms. The Bertz CT molecular complexity index is 1520. The van der Waals surface area contributed by atoms with Crippen LogP contribution in [0.3, 0.4) is 0 Å². The summed E-state index contributed by atoms with van der Waals surface area (Å²) in [4.78, 5) is 16.6. The van der Waals surface area contributed by atoms with E-state index in [2.05, 4.69) is 0 Å². The Labute approximate surface area is 231 Å². The number of amides is 1. The summed E-state index contributed by atoms with van der Waals surface area (Å²) in [6.07, 6.45) is 1.52. The fourth-order valence-electron chi connectivity index (χ4n) is 4.62. The van der Waals surface area contributed by atoms with Gasteiger partial charge in [-0.2, -0.15) is 5.26 Å². The fourth-order valence-corrected chi connectivity index (χ4v) is 5.77. The van der Waals surface area contributed by atoms with Crippen LogP contribution in [0.15, 0.2) is 72.8 Å². The molecular weight excluding hydrogens is 513 g/mol. The molecule has 0 spiro atoms. The van der Waals surface area contributed by atoms with Gasteiger partial charge in [0.2, 0.25) is 0 Å². The van der Waals surface area contributed by atoms with E-state index in [9.17, 15) is 14.4 Å². The number of thiophene rings is 1. The van der Waals surface area contributed by atoms with Crippen molar-refractivity contribution in [3.63, 3.8) is 0 Å². The largest absolute Gasteiger partial charge is 0.493 e. The summed E-state index contributed by atoms with van der Waals surface area (Å²) in [5.41, 5.74) is 9.12. The van der Waals surface area contributed by atoms with Crippen molar-refractivity contribution in [2.45, 2.75) is 25.5 Å². The lowest BCUT2D eigenvalue weighted by atomic mass is 10.00. The highest BCUT2D eigenvalue weighted by Gasteiger charge is 2.25. The molecule has 1 fully saturated rings. The summed E-state index contributed by atoms with van der Waals surface area (Å²) in [6, 6.07) is 23.7. The number of carbonyl (C=O) groups is 1. The average molecular weight is 542 g/mol. The molecule has 1 aromatic heterocycles. The first-order valence-corrected chi connectivity index (χ1v) is 13.5. The molecule has 6 nitrogen and oxygen atoms in total. The summed E-state index contributed by atoms with van der Waals surface area (Å²) in [7, 11) is 1.59. The summed E-state index contributed by atoms with van der Waals surface area (Å²) >= 11 is 1.36. The van der Waals surface area contributed by atoms with Crippen LogP contribution in [0.1, 0.15) is 33.6 Å². The number of hydrogen-bond donors (Lipinski definition) is 1. The van der Waals surface area contributed by atoms with Crippen molar-refractivity contribution in [1.29, 1.82) is 5.26 Å². The molecule has 198 valence electrons. The van der Waals surface area contributed by atoms with E-state index in [1.54, 1.807) is 13.2 Å². The Morgan fingerprint density at radius 2 is 1.79 bits per heavy atom. The van der Waals surface area contributed by atoms with Gasteiger partial charge in [0.25, 0.3) is 5.91 Å². The number of halogens is 1. The molecule has 1 saturated heterocycles. The van der Waals surface area contributed by atoms with Gasteiger partial charge in [-0.25, -0.2) is 4.39 Å². The SMILES string of the molecule is COc1ccc(-c2sc(C(=O)N3CCC(N)CC3)cc2-c2ccc(C#N)c(F)c2)cc1OCc1ccccc1. The zero-order chi connectivity index (χ0) is 27.4. The molecule has 8 heteroatoms. The lowest BCUT2D eigenvalue weighted by molar-refractivity contribution is 0.0719. The van der Waals surface area contributed by atoms with Crippen molar-refractivity contribution in [3.05, 3.63) is 94.6 Å². The predicted molar refractivity (Wildman–Crippen MR) is 150 cm³/mol. The quantitative estimate of drug-likeness (QED) is 0.299. The lowest BCUT2D eigenvalue weighted by Crippen LogP contribution is -2.42. The fraction of sp³-hybridized carbons (Fsp3) is 0.226. The normalized spacial score (nSPS) is 13.6. The molecule has 0 atom stereocenters. The van der Waals surface area contributed by atoms with Gasteiger partial charge in [-0.3, -0.25) is 4.79 Å². The highest BCUT2D eigenvalue weighted by molar-refractivity contribution is 7.18. The Balaban J connectivity index is 1.55. The molecule has 1 aliphatic heterocycles. The first-order valence-electron chi connectivity index (χ1n) is 12.7. The topological polar surface area (TPSA) is 88.6 Å². The number of carbonyl (C=O) groups excluding carboxylic acids is 1. The number of nitriles is 1. The van der Waals surface area contributed by atoms with Gasteiger partial charge < -0.3 is 20.1 Å². The van der Waals surface area contributed by atoms with Crippen molar-refractivity contribution < 1.29 is 18.7 Å². The highest BCUT2D eigenvalue weighted by Crippen LogP contribution is 2.43. The zero-order valence-corrected chi connectivity index (χ0v) is 22.3. The number of hydrogen-bond acceptors (Lipinski definition) is 6.